The highest BCUT2D eigenvalue weighted by Crippen LogP contribution is 2.24. The maximum Gasteiger partial charge on any atom is 0.222 e. The van der Waals surface area contributed by atoms with E-state index >= 15 is 0 Å². The Bertz CT molecular complexity index is 593. The van der Waals surface area contributed by atoms with Gasteiger partial charge in [-0.3, -0.25) is 9.69 Å². The fourth-order valence-corrected chi connectivity index (χ4v) is 4.22. The molecule has 2 saturated heterocycles. The van der Waals surface area contributed by atoms with Crippen molar-refractivity contribution in [2.24, 2.45) is 11.8 Å². The van der Waals surface area contributed by atoms with E-state index in [1.165, 1.54) is 18.9 Å². The van der Waals surface area contributed by atoms with Crippen molar-refractivity contribution in [3.63, 3.8) is 0 Å². The smallest absolute Gasteiger partial charge is 0.222 e. The fourth-order valence-electron chi connectivity index (χ4n) is 4.00. The summed E-state index contributed by atoms with van der Waals surface area (Å²) in [6, 6.07) is 4.80. The predicted molar refractivity (Wildman–Crippen MR) is 103 cm³/mol. The van der Waals surface area contributed by atoms with Gasteiger partial charge in [0.2, 0.25) is 5.91 Å². The van der Waals surface area contributed by atoms with E-state index in [1.54, 1.807) is 12.1 Å². The molecule has 2 aliphatic rings. The largest absolute Gasteiger partial charge is 0.340 e. The number of hydrogen-bond donors (Lipinski definition) is 1. The first-order valence-electron chi connectivity index (χ1n) is 9.68. The van der Waals surface area contributed by atoms with Crippen LogP contribution in [0.5, 0.6) is 0 Å². The second kappa shape index (κ2) is 9.16. The van der Waals surface area contributed by atoms with Gasteiger partial charge in [0.15, 0.2) is 0 Å². The summed E-state index contributed by atoms with van der Waals surface area (Å²) in [5.41, 5.74) is 0.548. The lowest BCUT2D eigenvalue weighted by Gasteiger charge is -2.36. The number of amides is 1. The third-order valence-corrected chi connectivity index (χ3v) is 6.16. The lowest BCUT2D eigenvalue weighted by molar-refractivity contribution is -0.134. The monoisotopic (exact) mass is 381 g/mol. The van der Waals surface area contributed by atoms with Gasteiger partial charge in [-0.05, 0) is 49.9 Å². The molecule has 2 unspecified atom stereocenters. The number of carbonyl (C=O) groups is 1. The Morgan fingerprint density at radius 3 is 2.77 bits per heavy atom. The second-order valence-electron chi connectivity index (χ2n) is 7.64. The van der Waals surface area contributed by atoms with E-state index in [0.717, 1.165) is 26.2 Å². The Labute approximate surface area is 160 Å². The summed E-state index contributed by atoms with van der Waals surface area (Å²) < 4.78 is 13.9. The Kier molecular flexibility index (Phi) is 6.90. The van der Waals surface area contributed by atoms with Crippen molar-refractivity contribution in [1.82, 2.24) is 15.1 Å². The maximum absolute atomic E-state index is 13.9. The van der Waals surface area contributed by atoms with E-state index in [4.69, 9.17) is 11.6 Å². The van der Waals surface area contributed by atoms with Gasteiger partial charge in [-0.25, -0.2) is 4.39 Å². The van der Waals surface area contributed by atoms with Gasteiger partial charge in [0.1, 0.15) is 5.82 Å². The molecule has 26 heavy (non-hydrogen) atoms. The van der Waals surface area contributed by atoms with Crippen LogP contribution in [0.3, 0.4) is 0 Å². The van der Waals surface area contributed by atoms with Gasteiger partial charge >= 0.3 is 0 Å². The van der Waals surface area contributed by atoms with Gasteiger partial charge in [0.25, 0.3) is 0 Å². The van der Waals surface area contributed by atoms with Crippen molar-refractivity contribution in [1.29, 1.82) is 0 Å². The van der Waals surface area contributed by atoms with Crippen molar-refractivity contribution in [3.8, 4) is 0 Å². The molecule has 0 saturated carbocycles. The first kappa shape index (κ1) is 19.6. The normalized spacial score (nSPS) is 23.0. The minimum absolute atomic E-state index is 0.256. The third-order valence-electron chi connectivity index (χ3n) is 5.80. The minimum Gasteiger partial charge on any atom is -0.340 e. The molecule has 2 aliphatic heterocycles. The quantitative estimate of drug-likeness (QED) is 0.851. The summed E-state index contributed by atoms with van der Waals surface area (Å²) in [6.45, 7) is 7.77. The Hall–Kier alpha value is -1.17. The Morgan fingerprint density at radius 2 is 2.12 bits per heavy atom. The zero-order valence-electron chi connectivity index (χ0n) is 15.5. The summed E-state index contributed by atoms with van der Waals surface area (Å²) in [5, 5.41) is 3.90. The first-order chi connectivity index (χ1) is 12.5. The van der Waals surface area contributed by atoms with Crippen LogP contribution < -0.4 is 5.32 Å². The number of rotatable bonds is 5. The van der Waals surface area contributed by atoms with Crippen molar-refractivity contribution in [3.05, 3.63) is 34.6 Å². The summed E-state index contributed by atoms with van der Waals surface area (Å²) in [4.78, 5) is 16.8. The number of piperazine rings is 1. The van der Waals surface area contributed by atoms with Crippen LogP contribution in [-0.2, 0) is 11.3 Å². The lowest BCUT2D eigenvalue weighted by atomic mass is 9.85. The van der Waals surface area contributed by atoms with E-state index in [0.29, 0.717) is 48.5 Å². The van der Waals surface area contributed by atoms with E-state index in [2.05, 4.69) is 17.1 Å². The van der Waals surface area contributed by atoms with E-state index in [-0.39, 0.29) is 11.7 Å². The summed E-state index contributed by atoms with van der Waals surface area (Å²) in [5.74, 6) is 1.03. The lowest BCUT2D eigenvalue weighted by Crippen LogP contribution is -2.49. The first-order valence-corrected chi connectivity index (χ1v) is 10.1. The van der Waals surface area contributed by atoms with Crippen LogP contribution in [0.15, 0.2) is 18.2 Å². The molecule has 1 aromatic carbocycles. The highest BCUT2D eigenvalue weighted by atomic mass is 35.5. The molecule has 2 heterocycles. The predicted octanol–water partition coefficient (Wildman–Crippen LogP) is 3.15. The number of benzene rings is 1. The average molecular weight is 382 g/mol. The Morgan fingerprint density at radius 1 is 1.35 bits per heavy atom. The van der Waals surface area contributed by atoms with Gasteiger partial charge in [-0.1, -0.05) is 24.6 Å². The van der Waals surface area contributed by atoms with Crippen LogP contribution in [0.4, 0.5) is 4.39 Å². The van der Waals surface area contributed by atoms with Crippen LogP contribution in [0.1, 0.15) is 31.7 Å². The molecule has 0 aliphatic carbocycles. The molecule has 3 rings (SSSR count). The molecule has 1 N–H and O–H groups in total. The summed E-state index contributed by atoms with van der Waals surface area (Å²) >= 11 is 6.12. The van der Waals surface area contributed by atoms with Crippen molar-refractivity contribution >= 4 is 17.5 Å². The molecule has 6 heteroatoms. The van der Waals surface area contributed by atoms with Crippen LogP contribution in [0, 0.1) is 17.7 Å². The third kappa shape index (κ3) is 4.96. The highest BCUT2D eigenvalue weighted by molar-refractivity contribution is 6.31. The summed E-state index contributed by atoms with van der Waals surface area (Å²) in [7, 11) is 0. The molecule has 2 fully saturated rings. The van der Waals surface area contributed by atoms with E-state index in [9.17, 15) is 9.18 Å². The van der Waals surface area contributed by atoms with E-state index < -0.39 is 0 Å². The highest BCUT2D eigenvalue weighted by Gasteiger charge is 2.26. The molecule has 0 bridgehead atoms. The number of nitrogens with one attached hydrogen (secondary N) is 1. The number of halogens is 2. The fraction of sp³-hybridized carbons (Fsp3) is 0.650. The zero-order valence-corrected chi connectivity index (χ0v) is 16.3. The Balaban J connectivity index is 1.46. The molecule has 4 nitrogen and oxygen atoms in total. The SMILES string of the molecule is CC(CC(=O)N1CCN(Cc2c(F)cccc2Cl)CC1)C1CCCNC1. The topological polar surface area (TPSA) is 35.6 Å². The van der Waals surface area contributed by atoms with Crippen molar-refractivity contribution < 1.29 is 9.18 Å². The molecule has 2 atom stereocenters. The van der Waals surface area contributed by atoms with Crippen molar-refractivity contribution in [2.45, 2.75) is 32.7 Å². The summed E-state index contributed by atoms with van der Waals surface area (Å²) in [6.07, 6.45) is 3.06. The molecule has 0 aromatic heterocycles. The van der Waals surface area contributed by atoms with Crippen LogP contribution in [-0.4, -0.2) is 55.0 Å². The molecular weight excluding hydrogens is 353 g/mol. The number of nitrogens with zero attached hydrogens (tertiary/aromatic N) is 2. The van der Waals surface area contributed by atoms with E-state index in [1.807, 2.05) is 4.90 Å². The molecule has 0 radical (unpaired) electrons. The average Bonchev–Trinajstić information content (AvgIpc) is 2.66. The molecular formula is C20H29ClFN3O. The van der Waals surface area contributed by atoms with Crippen LogP contribution >= 0.6 is 11.6 Å². The van der Waals surface area contributed by atoms with Gasteiger partial charge < -0.3 is 10.2 Å². The van der Waals surface area contributed by atoms with Gasteiger partial charge in [-0.2, -0.15) is 0 Å². The second-order valence-corrected chi connectivity index (χ2v) is 8.05. The molecule has 144 valence electrons. The number of hydrogen-bond acceptors (Lipinski definition) is 3. The van der Waals surface area contributed by atoms with Gasteiger partial charge in [-0.15, -0.1) is 0 Å². The standard InChI is InChI=1S/C20H29ClFN3O/c1-15(16-4-3-7-23-13-16)12-20(26)25-10-8-24(9-11-25)14-17-18(21)5-2-6-19(17)22/h2,5-6,15-16,23H,3-4,7-14H2,1H3. The van der Waals surface area contributed by atoms with Crippen LogP contribution in [0.2, 0.25) is 5.02 Å². The van der Waals surface area contributed by atoms with Gasteiger partial charge in [0.05, 0.1) is 0 Å². The van der Waals surface area contributed by atoms with Gasteiger partial charge in [0, 0.05) is 49.7 Å². The number of carbonyl (C=O) groups excluding carboxylic acids is 1. The minimum atomic E-state index is -0.258. The molecule has 1 amide bonds. The number of piperidine rings is 1. The maximum atomic E-state index is 13.9. The molecule has 1 aromatic rings. The van der Waals surface area contributed by atoms with Crippen molar-refractivity contribution in [2.75, 3.05) is 39.3 Å². The van der Waals surface area contributed by atoms with Crippen LogP contribution in [0.25, 0.3) is 0 Å². The molecule has 0 spiro atoms. The zero-order chi connectivity index (χ0) is 18.5.